The highest BCUT2D eigenvalue weighted by Crippen LogP contribution is 2.23. The van der Waals surface area contributed by atoms with E-state index in [9.17, 15) is 0 Å². The average molecular weight is 272 g/mol. The molecule has 0 amide bonds. The fourth-order valence-electron chi connectivity index (χ4n) is 2.13. The van der Waals surface area contributed by atoms with Crippen LogP contribution in [0, 0.1) is 13.8 Å². The van der Waals surface area contributed by atoms with Gasteiger partial charge in [0.25, 0.3) is 0 Å². The highest BCUT2D eigenvalue weighted by molar-refractivity contribution is 7.09. The summed E-state index contributed by atoms with van der Waals surface area (Å²) in [7, 11) is 0. The lowest BCUT2D eigenvalue weighted by Gasteiger charge is -2.12. The number of fused-ring (bicyclic) bond motifs is 1. The van der Waals surface area contributed by atoms with Crippen molar-refractivity contribution in [1.29, 1.82) is 0 Å². The van der Waals surface area contributed by atoms with Crippen LogP contribution >= 0.6 is 11.3 Å². The number of rotatable bonds is 3. The summed E-state index contributed by atoms with van der Waals surface area (Å²) in [5.74, 6) is 0.940. The molecule has 5 heteroatoms. The van der Waals surface area contributed by atoms with Crippen molar-refractivity contribution in [1.82, 2.24) is 15.0 Å². The van der Waals surface area contributed by atoms with E-state index in [0.29, 0.717) is 0 Å². The standard InChI is InChI=1S/C14H16N4S/c1-8(14-7-19-10(3)18-14)15-11-4-5-12-13(6-11)17-9(2)16-12/h4-8,15H,1-3H3,(H,16,17). The predicted octanol–water partition coefficient (Wildman–Crippen LogP) is 3.81. The molecule has 2 heterocycles. The number of nitrogens with zero attached hydrogens (tertiary/aromatic N) is 2. The van der Waals surface area contributed by atoms with Crippen molar-refractivity contribution in [2.24, 2.45) is 0 Å². The van der Waals surface area contributed by atoms with Crippen molar-refractivity contribution in [2.45, 2.75) is 26.8 Å². The van der Waals surface area contributed by atoms with E-state index in [-0.39, 0.29) is 6.04 Å². The van der Waals surface area contributed by atoms with Crippen molar-refractivity contribution in [2.75, 3.05) is 5.32 Å². The molecule has 1 unspecified atom stereocenters. The van der Waals surface area contributed by atoms with E-state index in [1.807, 2.05) is 19.9 Å². The molecule has 2 N–H and O–H groups in total. The minimum atomic E-state index is 0.200. The molecule has 0 saturated heterocycles. The summed E-state index contributed by atoms with van der Waals surface area (Å²) in [6.07, 6.45) is 0. The van der Waals surface area contributed by atoms with Gasteiger partial charge in [-0.2, -0.15) is 0 Å². The molecule has 0 aliphatic heterocycles. The lowest BCUT2D eigenvalue weighted by molar-refractivity contribution is 0.846. The maximum Gasteiger partial charge on any atom is 0.104 e. The maximum absolute atomic E-state index is 4.51. The first-order valence-corrected chi connectivity index (χ1v) is 7.15. The summed E-state index contributed by atoms with van der Waals surface area (Å²) in [5, 5.41) is 6.67. The first-order valence-electron chi connectivity index (χ1n) is 6.27. The van der Waals surface area contributed by atoms with Gasteiger partial charge >= 0.3 is 0 Å². The molecule has 1 aromatic carbocycles. The zero-order chi connectivity index (χ0) is 13.4. The van der Waals surface area contributed by atoms with Gasteiger partial charge < -0.3 is 10.3 Å². The molecule has 0 aliphatic carbocycles. The van der Waals surface area contributed by atoms with Crippen LogP contribution in [0.25, 0.3) is 11.0 Å². The Balaban J connectivity index is 1.84. The van der Waals surface area contributed by atoms with E-state index >= 15 is 0 Å². The fraction of sp³-hybridized carbons (Fsp3) is 0.286. The maximum atomic E-state index is 4.51. The van der Waals surface area contributed by atoms with E-state index in [4.69, 9.17) is 0 Å². The smallest absolute Gasteiger partial charge is 0.104 e. The highest BCUT2D eigenvalue weighted by atomic mass is 32.1. The van der Waals surface area contributed by atoms with Gasteiger partial charge in [0.1, 0.15) is 5.82 Å². The Hall–Kier alpha value is -1.88. The summed E-state index contributed by atoms with van der Waals surface area (Å²) < 4.78 is 0. The Labute approximate surface area is 115 Å². The second-order valence-electron chi connectivity index (χ2n) is 4.71. The summed E-state index contributed by atoms with van der Waals surface area (Å²) in [6.45, 7) is 6.12. The second-order valence-corrected chi connectivity index (χ2v) is 5.77. The quantitative estimate of drug-likeness (QED) is 0.762. The molecule has 3 aromatic rings. The van der Waals surface area contributed by atoms with Gasteiger partial charge in [-0.1, -0.05) is 0 Å². The zero-order valence-corrected chi connectivity index (χ0v) is 12.0. The number of thiazole rings is 1. The van der Waals surface area contributed by atoms with Crippen LogP contribution in [0.5, 0.6) is 0 Å². The molecule has 4 nitrogen and oxygen atoms in total. The largest absolute Gasteiger partial charge is 0.377 e. The number of nitrogens with one attached hydrogen (secondary N) is 2. The minimum absolute atomic E-state index is 0.200. The van der Waals surface area contributed by atoms with Gasteiger partial charge in [-0.05, 0) is 39.0 Å². The second kappa shape index (κ2) is 4.66. The Kier molecular flexibility index (Phi) is 2.98. The summed E-state index contributed by atoms with van der Waals surface area (Å²) in [5.41, 5.74) is 4.22. The first kappa shape index (κ1) is 12.2. The molecular formula is C14H16N4S. The third-order valence-electron chi connectivity index (χ3n) is 3.06. The van der Waals surface area contributed by atoms with Crippen molar-refractivity contribution < 1.29 is 0 Å². The molecule has 98 valence electrons. The SMILES string of the molecule is Cc1nc2ccc(NC(C)c3csc(C)n3)cc2[nH]1. The van der Waals surface area contributed by atoms with Gasteiger partial charge in [0.15, 0.2) is 0 Å². The molecule has 0 aliphatic rings. The lowest BCUT2D eigenvalue weighted by Crippen LogP contribution is -2.06. The Morgan fingerprint density at radius 3 is 2.84 bits per heavy atom. The van der Waals surface area contributed by atoms with Crippen molar-refractivity contribution in [3.05, 3.63) is 40.1 Å². The van der Waals surface area contributed by atoms with Crippen LogP contribution in [0.3, 0.4) is 0 Å². The summed E-state index contributed by atoms with van der Waals surface area (Å²) in [4.78, 5) is 12.2. The number of hydrogen-bond acceptors (Lipinski definition) is 4. The minimum Gasteiger partial charge on any atom is -0.377 e. The van der Waals surface area contributed by atoms with Gasteiger partial charge in [0.05, 0.1) is 27.8 Å². The molecule has 2 aromatic heterocycles. The van der Waals surface area contributed by atoms with Crippen LogP contribution in [0.1, 0.15) is 29.5 Å². The number of aromatic nitrogens is 3. The molecule has 0 spiro atoms. The third-order valence-corrected chi connectivity index (χ3v) is 3.86. The monoisotopic (exact) mass is 272 g/mol. The van der Waals surface area contributed by atoms with Gasteiger partial charge in [0.2, 0.25) is 0 Å². The number of benzene rings is 1. The van der Waals surface area contributed by atoms with E-state index in [0.717, 1.165) is 33.2 Å². The predicted molar refractivity (Wildman–Crippen MR) is 79.7 cm³/mol. The fourth-order valence-corrected chi connectivity index (χ4v) is 2.84. The Morgan fingerprint density at radius 2 is 2.11 bits per heavy atom. The number of aryl methyl sites for hydroxylation is 2. The van der Waals surface area contributed by atoms with E-state index in [1.54, 1.807) is 11.3 Å². The van der Waals surface area contributed by atoms with E-state index in [2.05, 4.69) is 44.7 Å². The molecule has 1 atom stereocenters. The first-order chi connectivity index (χ1) is 9.11. The molecule has 19 heavy (non-hydrogen) atoms. The third kappa shape index (κ3) is 2.46. The molecule has 0 saturated carbocycles. The molecule has 0 radical (unpaired) electrons. The van der Waals surface area contributed by atoms with Crippen molar-refractivity contribution in [3.63, 3.8) is 0 Å². The zero-order valence-electron chi connectivity index (χ0n) is 11.2. The lowest BCUT2D eigenvalue weighted by atomic mass is 10.2. The average Bonchev–Trinajstić information content (AvgIpc) is 2.93. The van der Waals surface area contributed by atoms with Crippen molar-refractivity contribution >= 4 is 28.1 Å². The number of aromatic amines is 1. The van der Waals surface area contributed by atoms with Gasteiger partial charge in [0, 0.05) is 11.1 Å². The van der Waals surface area contributed by atoms with E-state index in [1.165, 1.54) is 0 Å². The van der Waals surface area contributed by atoms with Crippen LogP contribution in [-0.2, 0) is 0 Å². The van der Waals surface area contributed by atoms with Gasteiger partial charge in [-0.25, -0.2) is 9.97 Å². The Morgan fingerprint density at radius 1 is 1.26 bits per heavy atom. The van der Waals surface area contributed by atoms with Crippen LogP contribution in [0.4, 0.5) is 5.69 Å². The van der Waals surface area contributed by atoms with Crippen LogP contribution < -0.4 is 5.32 Å². The number of anilines is 1. The molecule has 0 fully saturated rings. The van der Waals surface area contributed by atoms with Crippen LogP contribution in [0.2, 0.25) is 0 Å². The molecule has 0 bridgehead atoms. The van der Waals surface area contributed by atoms with Gasteiger partial charge in [-0.15, -0.1) is 11.3 Å². The normalized spacial score (nSPS) is 12.8. The number of imidazole rings is 1. The van der Waals surface area contributed by atoms with Crippen LogP contribution in [-0.4, -0.2) is 15.0 Å². The topological polar surface area (TPSA) is 53.6 Å². The summed E-state index contributed by atoms with van der Waals surface area (Å²) in [6, 6.07) is 6.37. The van der Waals surface area contributed by atoms with E-state index < -0.39 is 0 Å². The van der Waals surface area contributed by atoms with Gasteiger partial charge in [-0.3, -0.25) is 0 Å². The van der Waals surface area contributed by atoms with Crippen LogP contribution in [0.15, 0.2) is 23.6 Å². The number of H-pyrrole nitrogens is 1. The highest BCUT2D eigenvalue weighted by Gasteiger charge is 2.09. The molecular weight excluding hydrogens is 256 g/mol. The number of hydrogen-bond donors (Lipinski definition) is 2. The summed E-state index contributed by atoms with van der Waals surface area (Å²) >= 11 is 1.68. The van der Waals surface area contributed by atoms with Crippen molar-refractivity contribution in [3.8, 4) is 0 Å². The molecule has 3 rings (SSSR count). The Bertz CT molecular complexity index is 713.